The Hall–Kier alpha value is -3.69. The molecule has 0 aliphatic carbocycles. The van der Waals surface area contributed by atoms with E-state index >= 15 is 0 Å². The van der Waals surface area contributed by atoms with Crippen molar-refractivity contribution in [1.29, 1.82) is 0 Å². The zero-order valence-corrected chi connectivity index (χ0v) is 17.2. The maximum absolute atomic E-state index is 12.7. The van der Waals surface area contributed by atoms with Gasteiger partial charge in [-0.1, -0.05) is 30.3 Å². The van der Waals surface area contributed by atoms with Gasteiger partial charge in [0.1, 0.15) is 5.75 Å². The molecule has 4 rings (SSSR count). The SMILES string of the molecule is O=C(N[C@H]1Cc2cccc(C(=O)O)c2OB1O)c1ccc(CNCc2cccnc2)cc1. The van der Waals surface area contributed by atoms with E-state index in [2.05, 4.69) is 15.6 Å². The van der Waals surface area contributed by atoms with Crippen LogP contribution in [0, 0.1) is 0 Å². The van der Waals surface area contributed by atoms with Crippen molar-refractivity contribution in [2.24, 2.45) is 0 Å². The van der Waals surface area contributed by atoms with Gasteiger partial charge >= 0.3 is 13.1 Å². The van der Waals surface area contributed by atoms with Crippen LogP contribution in [0.5, 0.6) is 5.75 Å². The predicted molar refractivity (Wildman–Crippen MR) is 118 cm³/mol. The summed E-state index contributed by atoms with van der Waals surface area (Å²) in [6, 6.07) is 15.8. The monoisotopic (exact) mass is 431 g/mol. The summed E-state index contributed by atoms with van der Waals surface area (Å²) >= 11 is 0. The lowest BCUT2D eigenvalue weighted by Gasteiger charge is -2.28. The second kappa shape index (κ2) is 9.63. The molecular weight excluding hydrogens is 409 g/mol. The van der Waals surface area contributed by atoms with E-state index in [9.17, 15) is 19.7 Å². The molecule has 0 bridgehead atoms. The molecule has 0 fully saturated rings. The minimum atomic E-state index is -1.34. The van der Waals surface area contributed by atoms with Crippen LogP contribution < -0.4 is 15.3 Å². The number of carbonyl (C=O) groups excluding carboxylic acids is 1. The maximum atomic E-state index is 12.7. The number of para-hydroxylation sites is 1. The van der Waals surface area contributed by atoms with Gasteiger partial charge in [0.2, 0.25) is 0 Å². The molecule has 162 valence electrons. The summed E-state index contributed by atoms with van der Waals surface area (Å²) in [4.78, 5) is 28.1. The molecule has 0 saturated heterocycles. The van der Waals surface area contributed by atoms with E-state index in [1.807, 2.05) is 30.5 Å². The lowest BCUT2D eigenvalue weighted by molar-refractivity contribution is 0.0693. The van der Waals surface area contributed by atoms with Crippen LogP contribution in [-0.4, -0.2) is 40.1 Å². The first kappa shape index (κ1) is 21.5. The van der Waals surface area contributed by atoms with Crippen molar-refractivity contribution in [2.45, 2.75) is 25.5 Å². The first-order chi connectivity index (χ1) is 15.5. The summed E-state index contributed by atoms with van der Waals surface area (Å²) in [5.41, 5.74) is 3.18. The van der Waals surface area contributed by atoms with Gasteiger partial charge in [-0.3, -0.25) is 9.78 Å². The summed E-state index contributed by atoms with van der Waals surface area (Å²) < 4.78 is 5.42. The van der Waals surface area contributed by atoms with Gasteiger partial charge in [0.15, 0.2) is 0 Å². The first-order valence-corrected chi connectivity index (χ1v) is 10.2. The average Bonchev–Trinajstić information content (AvgIpc) is 2.80. The van der Waals surface area contributed by atoms with Crippen LogP contribution in [0.25, 0.3) is 0 Å². The molecule has 0 spiro atoms. The number of rotatable bonds is 7. The molecule has 3 aromatic rings. The van der Waals surface area contributed by atoms with Gasteiger partial charge in [0.05, 0.1) is 11.5 Å². The number of aromatic carboxylic acids is 1. The van der Waals surface area contributed by atoms with Crippen LogP contribution in [0.2, 0.25) is 0 Å². The number of fused-ring (bicyclic) bond motifs is 1. The van der Waals surface area contributed by atoms with Gasteiger partial charge in [0.25, 0.3) is 5.91 Å². The standard InChI is InChI=1S/C23H22BN3O5/c28-22(17-8-6-15(7-9-17)12-26-14-16-3-2-10-25-13-16)27-20-11-18-4-1-5-19(23(29)30)21(18)32-24(20)31/h1-10,13,20,26,31H,11-12,14H2,(H,27,28)(H,29,30)/t20-/m0/s1. The van der Waals surface area contributed by atoms with E-state index < -0.39 is 19.0 Å². The molecule has 1 amide bonds. The van der Waals surface area contributed by atoms with Crippen molar-refractivity contribution in [3.8, 4) is 5.75 Å². The third-order valence-corrected chi connectivity index (χ3v) is 5.26. The number of carbonyl (C=O) groups is 2. The normalized spacial score (nSPS) is 14.9. The fourth-order valence-corrected chi connectivity index (χ4v) is 3.60. The van der Waals surface area contributed by atoms with Crippen LogP contribution >= 0.6 is 0 Å². The zero-order valence-electron chi connectivity index (χ0n) is 17.2. The lowest BCUT2D eigenvalue weighted by atomic mass is 9.72. The second-order valence-electron chi connectivity index (χ2n) is 7.55. The number of amides is 1. The summed E-state index contributed by atoms with van der Waals surface area (Å²) in [6.45, 7) is 1.34. The van der Waals surface area contributed by atoms with Gasteiger partial charge in [-0.15, -0.1) is 0 Å². The molecule has 0 saturated carbocycles. The number of pyridine rings is 1. The maximum Gasteiger partial charge on any atom is 0.547 e. The molecule has 1 atom stereocenters. The Bertz CT molecular complexity index is 1110. The van der Waals surface area contributed by atoms with E-state index in [-0.39, 0.29) is 23.6 Å². The quantitative estimate of drug-likeness (QED) is 0.421. The van der Waals surface area contributed by atoms with Crippen LogP contribution in [0.4, 0.5) is 0 Å². The summed E-state index contributed by atoms with van der Waals surface area (Å²) in [5.74, 6) is -2.03. The Morgan fingerprint density at radius 2 is 1.84 bits per heavy atom. The molecule has 8 nitrogen and oxygen atoms in total. The molecule has 1 aromatic heterocycles. The third-order valence-electron chi connectivity index (χ3n) is 5.26. The Labute approximate surface area is 185 Å². The van der Waals surface area contributed by atoms with Crippen molar-refractivity contribution in [2.75, 3.05) is 0 Å². The predicted octanol–water partition coefficient (Wildman–Crippen LogP) is 1.82. The van der Waals surface area contributed by atoms with Gasteiger partial charge in [-0.25, -0.2) is 4.79 Å². The minimum absolute atomic E-state index is 0.0148. The van der Waals surface area contributed by atoms with E-state index in [0.717, 1.165) is 11.1 Å². The third kappa shape index (κ3) is 4.96. The highest BCUT2D eigenvalue weighted by molar-refractivity contribution is 6.47. The Morgan fingerprint density at radius 3 is 2.56 bits per heavy atom. The fraction of sp³-hybridized carbons (Fsp3) is 0.174. The molecule has 4 N–H and O–H groups in total. The van der Waals surface area contributed by atoms with E-state index in [0.29, 0.717) is 24.2 Å². The number of nitrogens with zero attached hydrogens (tertiary/aromatic N) is 1. The molecule has 32 heavy (non-hydrogen) atoms. The van der Waals surface area contributed by atoms with Gasteiger partial charge in [-0.05, 0) is 47.4 Å². The van der Waals surface area contributed by atoms with Crippen molar-refractivity contribution in [3.63, 3.8) is 0 Å². The number of benzene rings is 2. The Morgan fingerprint density at radius 1 is 1.06 bits per heavy atom. The van der Waals surface area contributed by atoms with Crippen molar-refractivity contribution < 1.29 is 24.4 Å². The van der Waals surface area contributed by atoms with Crippen LogP contribution in [0.1, 0.15) is 37.4 Å². The molecule has 2 aromatic carbocycles. The summed E-state index contributed by atoms with van der Waals surface area (Å²) in [7, 11) is -1.34. The topological polar surface area (TPSA) is 121 Å². The van der Waals surface area contributed by atoms with E-state index in [4.69, 9.17) is 4.65 Å². The molecule has 0 unspecified atom stereocenters. The van der Waals surface area contributed by atoms with Crippen molar-refractivity contribution in [3.05, 3.63) is 94.8 Å². The smallest absolute Gasteiger partial charge is 0.534 e. The summed E-state index contributed by atoms with van der Waals surface area (Å²) in [5, 5.41) is 25.7. The number of nitrogens with one attached hydrogen (secondary N) is 2. The van der Waals surface area contributed by atoms with E-state index in [1.165, 1.54) is 6.07 Å². The van der Waals surface area contributed by atoms with Crippen molar-refractivity contribution >= 4 is 19.0 Å². The number of hydrogen-bond acceptors (Lipinski definition) is 6. The number of carboxylic acids is 1. The Balaban J connectivity index is 1.34. The van der Waals surface area contributed by atoms with Crippen molar-refractivity contribution in [1.82, 2.24) is 15.6 Å². The highest BCUT2D eigenvalue weighted by Gasteiger charge is 2.37. The molecule has 1 aliphatic rings. The first-order valence-electron chi connectivity index (χ1n) is 10.2. The van der Waals surface area contributed by atoms with E-state index in [1.54, 1.807) is 30.5 Å². The molecule has 0 radical (unpaired) electrons. The Kier molecular flexibility index (Phi) is 6.48. The molecular formula is C23H22BN3O5. The number of carboxylic acid groups (broad SMARTS) is 1. The largest absolute Gasteiger partial charge is 0.547 e. The van der Waals surface area contributed by atoms with Gasteiger partial charge in [0, 0.05) is 31.0 Å². The zero-order chi connectivity index (χ0) is 22.5. The van der Waals surface area contributed by atoms with Gasteiger partial charge in [-0.2, -0.15) is 0 Å². The molecule has 9 heteroatoms. The fourth-order valence-electron chi connectivity index (χ4n) is 3.60. The average molecular weight is 431 g/mol. The minimum Gasteiger partial charge on any atom is -0.534 e. The number of hydrogen-bond donors (Lipinski definition) is 4. The second-order valence-corrected chi connectivity index (χ2v) is 7.55. The van der Waals surface area contributed by atoms with Crippen LogP contribution in [0.3, 0.4) is 0 Å². The van der Waals surface area contributed by atoms with Crippen LogP contribution in [-0.2, 0) is 19.5 Å². The van der Waals surface area contributed by atoms with Gasteiger partial charge < -0.3 is 25.4 Å². The highest BCUT2D eigenvalue weighted by atomic mass is 16.5. The summed E-state index contributed by atoms with van der Waals surface area (Å²) in [6.07, 6.45) is 3.81. The van der Waals surface area contributed by atoms with Crippen LogP contribution in [0.15, 0.2) is 67.0 Å². The number of aromatic nitrogens is 1. The molecule has 1 aliphatic heterocycles. The molecule has 2 heterocycles. The lowest BCUT2D eigenvalue weighted by Crippen LogP contribution is -2.53. The highest BCUT2D eigenvalue weighted by Crippen LogP contribution is 2.30.